The van der Waals surface area contributed by atoms with Crippen molar-refractivity contribution in [2.45, 2.75) is 104 Å². The number of nitrogens with one attached hydrogen (secondary N) is 2. The van der Waals surface area contributed by atoms with Crippen LogP contribution in [0.4, 0.5) is 13.2 Å². The molecule has 0 fully saturated rings. The quantitative estimate of drug-likeness (QED) is 0.156. The van der Waals surface area contributed by atoms with Crippen molar-refractivity contribution in [1.29, 1.82) is 0 Å². The highest BCUT2D eigenvalue weighted by atomic mass is 19.4. The molecular weight excluding hydrogens is 1230 g/mol. The van der Waals surface area contributed by atoms with Crippen molar-refractivity contribution in [1.82, 2.24) is 14.5 Å². The number of para-hydroxylation sites is 8. The van der Waals surface area contributed by atoms with Crippen LogP contribution in [-0.2, 0) is 45.6 Å². The summed E-state index contributed by atoms with van der Waals surface area (Å²) in [6.45, 7) is 16.2. The molecule has 0 saturated heterocycles. The van der Waals surface area contributed by atoms with E-state index in [4.69, 9.17) is 9.15 Å². The average molecular weight is 1340 g/mol. The molecule has 0 amide bonds. The lowest BCUT2D eigenvalue weighted by Gasteiger charge is -2.09. The first-order valence-electron chi connectivity index (χ1n) is 31.7. The number of likely N-dealkylation sites (N-methyl/N-ethyl adjacent to an activating group) is 1. The van der Waals surface area contributed by atoms with E-state index in [-0.39, 0.29) is 42.7 Å². The number of nitrogens with zero attached hydrogens (tertiary/aromatic N) is 6. The van der Waals surface area contributed by atoms with Crippen molar-refractivity contribution >= 4 is 50.1 Å². The maximum Gasteiger partial charge on any atom is 0.416 e. The average Bonchev–Trinajstić information content (AvgIpc) is 1.62. The van der Waals surface area contributed by atoms with E-state index < -0.39 is 11.7 Å². The lowest BCUT2D eigenvalue weighted by atomic mass is 10.0. The van der Waals surface area contributed by atoms with Gasteiger partial charge < -0.3 is 9.15 Å². The molecule has 1 aliphatic heterocycles. The number of hydrogen-bond donors (Lipinski definition) is 2. The van der Waals surface area contributed by atoms with Gasteiger partial charge in [-0.2, -0.15) is 22.3 Å². The molecule has 0 aliphatic carbocycles. The molecule has 0 atom stereocenters. The molecule has 15 rings (SSSR count). The highest BCUT2D eigenvalue weighted by Crippen LogP contribution is 2.34. The Balaban J connectivity index is 0.000000194. The number of oxazole rings is 1. The van der Waals surface area contributed by atoms with Crippen molar-refractivity contribution in [3.05, 3.63) is 287 Å². The molecule has 0 unspecified atom stereocenters. The molecule has 0 radical (unpaired) electrons. The number of aromatic amines is 2. The van der Waals surface area contributed by atoms with Crippen LogP contribution in [0.2, 0.25) is 0 Å². The van der Waals surface area contributed by atoms with Gasteiger partial charge in [-0.1, -0.05) is 189 Å². The molecule has 10 nitrogen and oxygen atoms in total. The Morgan fingerprint density at radius 2 is 0.848 bits per heavy atom. The molecule has 13 heteroatoms. The van der Waals surface area contributed by atoms with E-state index in [1.165, 1.54) is 84.5 Å². The summed E-state index contributed by atoms with van der Waals surface area (Å²) in [5.41, 5.74) is 21.0. The van der Waals surface area contributed by atoms with Gasteiger partial charge in [-0.15, -0.1) is 0 Å². The van der Waals surface area contributed by atoms with Gasteiger partial charge in [-0.3, -0.25) is 0 Å². The molecule has 99 heavy (non-hydrogen) atoms. The molecule has 14 aromatic rings. The number of aromatic nitrogens is 7. The number of halogens is 3. The zero-order chi connectivity index (χ0) is 66.4. The number of ether oxygens (including phenoxy) is 1. The van der Waals surface area contributed by atoms with Crippen molar-refractivity contribution in [3.8, 4) is 45.6 Å². The summed E-state index contributed by atoms with van der Waals surface area (Å²) in [5, 5.41) is 0. The van der Waals surface area contributed by atoms with E-state index in [9.17, 15) is 13.2 Å². The number of benzene rings is 10. The van der Waals surface area contributed by atoms with E-state index in [1.54, 1.807) is 6.92 Å². The minimum atomic E-state index is -4.31. The fourth-order valence-electron chi connectivity index (χ4n) is 12.2. The fraction of sp³-hybridized carbons (Fsp3) is 0.244. The zero-order valence-electron chi connectivity index (χ0n) is 55.6. The Kier molecular flexibility index (Phi) is 25.8. The maximum atomic E-state index is 12.7. The van der Waals surface area contributed by atoms with Crippen molar-refractivity contribution in [2.75, 3.05) is 13.7 Å². The zero-order valence-corrected chi connectivity index (χ0v) is 55.6. The van der Waals surface area contributed by atoms with Gasteiger partial charge in [-0.05, 0) is 153 Å². The van der Waals surface area contributed by atoms with Crippen LogP contribution in [-0.4, -0.2) is 44.2 Å². The number of imidazole rings is 3. The second-order valence-corrected chi connectivity index (χ2v) is 24.7. The summed E-state index contributed by atoms with van der Waals surface area (Å²) < 4.78 is 63.1. The molecule has 1 aliphatic rings. The van der Waals surface area contributed by atoms with Gasteiger partial charge >= 0.3 is 18.0 Å². The standard InChI is InChI=1S/C22H21N2.C16H13F3N2.C15H14N2.C15H14NO.C13H18NO.5CH4/c1-17-10-6-7-13-19(17)22-23(2)20-14-8-9-15-21(20)24(22)16-18-11-4-3-5-12-18;1-10-9-11(16(17,18)19)7-8-12(10)15-20-13-5-3-4-6-14(13)21(15)2;1-11-7-3-4-8-12(11)15-16-13-9-5-6-10-14(13)17(15)2;1-11-7-3-4-8-12(11)15-16(2)13-9-5-6-10-14(13)17-15;1-10-7-5-6-8-11(10)12-14(4)13(2,3)9-15-12;;;;;/h3-15H,16H2,1-2H3;3-9H,1-2H3;2*3-10H,1-2H3;5-8H,9H2,1-4H3;5*1H4/q+1;;;2*+1;;;;;/p+2. The predicted molar refractivity (Wildman–Crippen MR) is 406 cm³/mol. The lowest BCUT2D eigenvalue weighted by Crippen LogP contribution is -2.33. The van der Waals surface area contributed by atoms with Crippen LogP contribution >= 0.6 is 0 Å². The van der Waals surface area contributed by atoms with Crippen LogP contribution in [0.1, 0.15) is 95.5 Å². The molecule has 5 heterocycles. The normalized spacial score (nSPS) is 11.9. The fourth-order valence-corrected chi connectivity index (χ4v) is 12.2. The summed E-state index contributed by atoms with van der Waals surface area (Å²) in [6.07, 6.45) is -4.31. The second kappa shape index (κ2) is 33.1. The third-order valence-corrected chi connectivity index (χ3v) is 17.9. The molecular formula is C86H102F3N8O2+5. The number of rotatable bonds is 7. The number of H-pyrrole nitrogens is 2. The van der Waals surface area contributed by atoms with Gasteiger partial charge in [0.1, 0.15) is 20.6 Å². The summed E-state index contributed by atoms with van der Waals surface area (Å²) in [7, 11) is 10.3. The van der Waals surface area contributed by atoms with Crippen LogP contribution in [0.3, 0.4) is 0 Å². The molecule has 4 aromatic heterocycles. The van der Waals surface area contributed by atoms with Crippen LogP contribution in [0.15, 0.2) is 247 Å². The topological polar surface area (TPSA) is 77.4 Å². The van der Waals surface area contributed by atoms with Crippen LogP contribution in [0.25, 0.3) is 89.8 Å². The summed E-state index contributed by atoms with van der Waals surface area (Å²) in [4.78, 5) is 6.74. The second-order valence-electron chi connectivity index (χ2n) is 24.7. The number of aryl methyl sites for hydroxylation is 9. The molecule has 10 aromatic carbocycles. The number of alkyl halides is 3. The third kappa shape index (κ3) is 16.5. The van der Waals surface area contributed by atoms with Crippen LogP contribution in [0.5, 0.6) is 0 Å². The SMILES string of the molecule is C.C.C.C.C.Cc1cc(C(F)(F)F)ccc1-c1[nH]c2ccccc2[n+]1C.Cc1ccccc1-c1[nH]c2ccccc2[n+]1C.Cc1ccccc1-c1n(Cc2ccccc2)c2ccccc2[n+]1C.Cc1ccccc1-c1oc2ccccc2[n+]1C.Cc1ccccc1C1=[N+](C)C(C)(C)CO1. The molecule has 0 spiro atoms. The minimum Gasteiger partial charge on any atom is -0.437 e. The summed E-state index contributed by atoms with van der Waals surface area (Å²) in [5.74, 6) is 5.10. The lowest BCUT2D eigenvalue weighted by molar-refractivity contribution is -0.637. The predicted octanol–water partition coefficient (Wildman–Crippen LogP) is 20.0. The first kappa shape index (κ1) is 77.3. The molecule has 0 bridgehead atoms. The molecule has 2 N–H and O–H groups in total. The van der Waals surface area contributed by atoms with Crippen molar-refractivity contribution in [3.63, 3.8) is 0 Å². The molecule has 0 saturated carbocycles. The van der Waals surface area contributed by atoms with E-state index in [0.29, 0.717) is 5.56 Å². The van der Waals surface area contributed by atoms with Crippen LogP contribution in [0, 0.1) is 34.6 Å². The van der Waals surface area contributed by atoms with Gasteiger partial charge in [-0.25, -0.2) is 28.2 Å². The highest BCUT2D eigenvalue weighted by Gasteiger charge is 2.40. The Morgan fingerprint density at radius 1 is 0.424 bits per heavy atom. The first-order valence-corrected chi connectivity index (χ1v) is 31.7. The van der Waals surface area contributed by atoms with Gasteiger partial charge in [0.05, 0.1) is 54.5 Å². The Bertz CT molecular complexity index is 4930. The minimum absolute atomic E-state index is 0. The van der Waals surface area contributed by atoms with E-state index >= 15 is 0 Å². The van der Waals surface area contributed by atoms with Gasteiger partial charge in [0, 0.05) is 19.9 Å². The Hall–Kier alpha value is -10.7. The largest absolute Gasteiger partial charge is 0.437 e. The first-order chi connectivity index (χ1) is 45.2. The van der Waals surface area contributed by atoms with E-state index in [0.717, 1.165) is 75.9 Å². The van der Waals surface area contributed by atoms with Gasteiger partial charge in [0.15, 0.2) is 45.2 Å². The summed E-state index contributed by atoms with van der Waals surface area (Å²) in [6, 6.07) is 81.0. The highest BCUT2D eigenvalue weighted by molar-refractivity contribution is 5.92. The summed E-state index contributed by atoms with van der Waals surface area (Å²) >= 11 is 0. The number of hydrogen-bond acceptors (Lipinski definition) is 2. The van der Waals surface area contributed by atoms with Gasteiger partial charge in [0.25, 0.3) is 23.0 Å². The van der Waals surface area contributed by atoms with Crippen LogP contribution < -0.4 is 18.3 Å². The van der Waals surface area contributed by atoms with E-state index in [1.807, 2.05) is 73.3 Å². The Labute approximate surface area is 585 Å². The smallest absolute Gasteiger partial charge is 0.416 e. The Morgan fingerprint density at radius 3 is 1.32 bits per heavy atom. The monoisotopic (exact) mass is 1340 g/mol. The number of fused-ring (bicyclic) bond motifs is 4. The maximum absolute atomic E-state index is 12.7. The van der Waals surface area contributed by atoms with Gasteiger partial charge in [0.2, 0.25) is 5.58 Å². The van der Waals surface area contributed by atoms with E-state index in [2.05, 4.69) is 265 Å². The molecule has 514 valence electrons. The van der Waals surface area contributed by atoms with Crippen molar-refractivity contribution in [2.24, 2.45) is 28.2 Å². The van der Waals surface area contributed by atoms with Crippen molar-refractivity contribution < 1.29 is 45.2 Å². The third-order valence-electron chi connectivity index (χ3n) is 17.9.